The fourth-order valence-electron chi connectivity index (χ4n) is 2.73. The molecule has 4 heteroatoms. The lowest BCUT2D eigenvalue weighted by molar-refractivity contribution is 0.123. The van der Waals surface area contributed by atoms with E-state index in [0.717, 1.165) is 36.3 Å². The van der Waals surface area contributed by atoms with Gasteiger partial charge in [-0.1, -0.05) is 17.7 Å². The van der Waals surface area contributed by atoms with Crippen LogP contribution in [0.2, 0.25) is 5.02 Å². The number of benzene rings is 1. The molecule has 0 aromatic heterocycles. The van der Waals surface area contributed by atoms with E-state index in [1.165, 1.54) is 38.0 Å². The Labute approximate surface area is 120 Å². The number of piperazine rings is 1. The standard InChI is InChI=1S/C15H22ClN3/c16-15-9-14(17)4-3-13(15)11-19-7-5-18(6-8-19)10-12-1-2-12/h3-4,9,12H,1-2,5-8,10-11,17H2. The molecule has 2 fully saturated rings. The first kappa shape index (κ1) is 13.2. The summed E-state index contributed by atoms with van der Waals surface area (Å²) in [7, 11) is 0. The van der Waals surface area contributed by atoms with Crippen molar-refractivity contribution in [1.29, 1.82) is 0 Å². The minimum Gasteiger partial charge on any atom is -0.399 e. The summed E-state index contributed by atoms with van der Waals surface area (Å²) in [5, 5.41) is 0.792. The molecule has 19 heavy (non-hydrogen) atoms. The first-order valence-electron chi connectivity index (χ1n) is 7.19. The van der Waals surface area contributed by atoms with Gasteiger partial charge >= 0.3 is 0 Å². The SMILES string of the molecule is Nc1ccc(CN2CCN(CC3CC3)CC2)c(Cl)c1. The molecule has 0 unspecified atom stereocenters. The lowest BCUT2D eigenvalue weighted by Gasteiger charge is -2.34. The van der Waals surface area contributed by atoms with Gasteiger partial charge in [-0.05, 0) is 36.5 Å². The molecule has 1 aromatic carbocycles. The van der Waals surface area contributed by atoms with Crippen LogP contribution in [0.4, 0.5) is 5.69 Å². The predicted molar refractivity (Wildman–Crippen MR) is 80.3 cm³/mol. The highest BCUT2D eigenvalue weighted by atomic mass is 35.5. The average Bonchev–Trinajstić information content (AvgIpc) is 3.19. The molecule has 1 saturated carbocycles. The lowest BCUT2D eigenvalue weighted by Crippen LogP contribution is -2.46. The average molecular weight is 280 g/mol. The van der Waals surface area contributed by atoms with Crippen LogP contribution in [0.3, 0.4) is 0 Å². The second-order valence-corrected chi connectivity index (χ2v) is 6.28. The first-order valence-corrected chi connectivity index (χ1v) is 7.57. The maximum absolute atomic E-state index is 6.24. The molecule has 1 aliphatic carbocycles. The van der Waals surface area contributed by atoms with Crippen LogP contribution in [0, 0.1) is 5.92 Å². The van der Waals surface area contributed by atoms with Gasteiger partial charge in [-0.25, -0.2) is 0 Å². The molecule has 1 saturated heterocycles. The number of anilines is 1. The molecule has 0 spiro atoms. The van der Waals surface area contributed by atoms with E-state index < -0.39 is 0 Å². The number of hydrogen-bond acceptors (Lipinski definition) is 3. The zero-order valence-corrected chi connectivity index (χ0v) is 12.1. The Balaban J connectivity index is 1.50. The van der Waals surface area contributed by atoms with E-state index in [1.807, 2.05) is 18.2 Å². The molecule has 2 aliphatic rings. The highest BCUT2D eigenvalue weighted by Crippen LogP contribution is 2.30. The van der Waals surface area contributed by atoms with Gasteiger partial charge in [-0.2, -0.15) is 0 Å². The highest BCUT2D eigenvalue weighted by molar-refractivity contribution is 6.31. The van der Waals surface area contributed by atoms with Crippen molar-refractivity contribution in [2.45, 2.75) is 19.4 Å². The van der Waals surface area contributed by atoms with Gasteiger partial charge in [0.05, 0.1) is 0 Å². The summed E-state index contributed by atoms with van der Waals surface area (Å²) in [5.41, 5.74) is 7.65. The zero-order valence-electron chi connectivity index (χ0n) is 11.3. The maximum Gasteiger partial charge on any atom is 0.0471 e. The van der Waals surface area contributed by atoms with Gasteiger partial charge in [-0.3, -0.25) is 4.90 Å². The van der Waals surface area contributed by atoms with Crippen LogP contribution in [0.5, 0.6) is 0 Å². The van der Waals surface area contributed by atoms with Crippen LogP contribution in [0.15, 0.2) is 18.2 Å². The van der Waals surface area contributed by atoms with Crippen LogP contribution >= 0.6 is 11.6 Å². The number of nitrogen functional groups attached to an aromatic ring is 1. The largest absolute Gasteiger partial charge is 0.399 e. The summed E-state index contributed by atoms with van der Waals surface area (Å²) < 4.78 is 0. The molecule has 1 aromatic rings. The van der Waals surface area contributed by atoms with Gasteiger partial charge in [0, 0.05) is 50.0 Å². The Morgan fingerprint density at radius 3 is 2.42 bits per heavy atom. The predicted octanol–water partition coefficient (Wildman–Crippen LogP) is 2.45. The molecule has 1 heterocycles. The minimum atomic E-state index is 0.739. The van der Waals surface area contributed by atoms with Gasteiger partial charge < -0.3 is 10.6 Å². The summed E-state index contributed by atoms with van der Waals surface area (Å²) in [5.74, 6) is 0.998. The Hall–Kier alpha value is -0.770. The summed E-state index contributed by atoms with van der Waals surface area (Å²) >= 11 is 6.24. The molecule has 0 atom stereocenters. The van der Waals surface area contributed by atoms with Crippen molar-refractivity contribution in [3.8, 4) is 0 Å². The van der Waals surface area contributed by atoms with E-state index in [2.05, 4.69) is 9.80 Å². The number of rotatable bonds is 4. The number of halogens is 1. The summed E-state index contributed by atoms with van der Waals surface area (Å²) in [6, 6.07) is 5.83. The van der Waals surface area contributed by atoms with E-state index in [0.29, 0.717) is 0 Å². The molecule has 1 aliphatic heterocycles. The molecule has 0 bridgehead atoms. The third-order valence-electron chi connectivity index (χ3n) is 4.15. The van der Waals surface area contributed by atoms with Crippen molar-refractivity contribution in [2.75, 3.05) is 38.5 Å². The smallest absolute Gasteiger partial charge is 0.0471 e. The molecule has 0 amide bonds. The van der Waals surface area contributed by atoms with Crippen LogP contribution < -0.4 is 5.73 Å². The molecular formula is C15H22ClN3. The van der Waals surface area contributed by atoms with Crippen molar-refractivity contribution >= 4 is 17.3 Å². The fraction of sp³-hybridized carbons (Fsp3) is 0.600. The van der Waals surface area contributed by atoms with Crippen molar-refractivity contribution in [2.24, 2.45) is 5.92 Å². The van der Waals surface area contributed by atoms with Gasteiger partial charge in [0.15, 0.2) is 0 Å². The maximum atomic E-state index is 6.24. The number of nitrogens with two attached hydrogens (primary N) is 1. The van der Waals surface area contributed by atoms with Crippen LogP contribution in [-0.4, -0.2) is 42.5 Å². The van der Waals surface area contributed by atoms with Crippen molar-refractivity contribution < 1.29 is 0 Å². The van der Waals surface area contributed by atoms with Crippen molar-refractivity contribution in [3.63, 3.8) is 0 Å². The third kappa shape index (κ3) is 3.62. The van der Waals surface area contributed by atoms with Gasteiger partial charge in [0.25, 0.3) is 0 Å². The molecule has 2 N–H and O–H groups in total. The lowest BCUT2D eigenvalue weighted by atomic mass is 10.1. The van der Waals surface area contributed by atoms with Crippen LogP contribution in [0.1, 0.15) is 18.4 Å². The van der Waals surface area contributed by atoms with Gasteiger partial charge in [0.2, 0.25) is 0 Å². The van der Waals surface area contributed by atoms with Crippen LogP contribution in [-0.2, 0) is 6.54 Å². The molecular weight excluding hydrogens is 258 g/mol. The monoisotopic (exact) mass is 279 g/mol. The van der Waals surface area contributed by atoms with E-state index in [-0.39, 0.29) is 0 Å². The highest BCUT2D eigenvalue weighted by Gasteiger charge is 2.26. The molecule has 104 valence electrons. The molecule has 3 rings (SSSR count). The summed E-state index contributed by atoms with van der Waals surface area (Å²) in [4.78, 5) is 5.10. The van der Waals surface area contributed by atoms with Gasteiger partial charge in [0.1, 0.15) is 0 Å². The Morgan fingerprint density at radius 1 is 1.11 bits per heavy atom. The fourth-order valence-corrected chi connectivity index (χ4v) is 2.98. The minimum absolute atomic E-state index is 0.739. The Bertz CT molecular complexity index is 437. The Kier molecular flexibility index (Phi) is 3.96. The van der Waals surface area contributed by atoms with E-state index in [9.17, 15) is 0 Å². The normalized spacial score (nSPS) is 21.7. The summed E-state index contributed by atoms with van der Waals surface area (Å²) in [6.45, 7) is 6.94. The number of hydrogen-bond donors (Lipinski definition) is 1. The van der Waals surface area contributed by atoms with Crippen molar-refractivity contribution in [1.82, 2.24) is 9.80 Å². The topological polar surface area (TPSA) is 32.5 Å². The number of nitrogens with zero attached hydrogens (tertiary/aromatic N) is 2. The van der Waals surface area contributed by atoms with Gasteiger partial charge in [-0.15, -0.1) is 0 Å². The molecule has 0 radical (unpaired) electrons. The van der Waals surface area contributed by atoms with Crippen LogP contribution in [0.25, 0.3) is 0 Å². The quantitative estimate of drug-likeness (QED) is 0.860. The van der Waals surface area contributed by atoms with E-state index in [1.54, 1.807) is 0 Å². The van der Waals surface area contributed by atoms with E-state index >= 15 is 0 Å². The third-order valence-corrected chi connectivity index (χ3v) is 4.50. The molecule has 3 nitrogen and oxygen atoms in total. The second kappa shape index (κ2) is 5.70. The van der Waals surface area contributed by atoms with E-state index in [4.69, 9.17) is 17.3 Å². The zero-order chi connectivity index (χ0) is 13.2. The first-order chi connectivity index (χ1) is 9.20. The Morgan fingerprint density at radius 2 is 1.79 bits per heavy atom. The summed E-state index contributed by atoms with van der Waals surface area (Å²) in [6.07, 6.45) is 2.89. The van der Waals surface area contributed by atoms with Crippen molar-refractivity contribution in [3.05, 3.63) is 28.8 Å². The second-order valence-electron chi connectivity index (χ2n) is 5.87.